The molecule has 1 rings (SSSR count). The van der Waals surface area contributed by atoms with Crippen LogP contribution in [-0.4, -0.2) is 29.6 Å². The number of carbonyl (C=O) groups excluding carboxylic acids is 1. The van der Waals surface area contributed by atoms with E-state index in [2.05, 4.69) is 33.4 Å². The summed E-state index contributed by atoms with van der Waals surface area (Å²) in [5, 5.41) is 0. The largest absolute Gasteiger partial charge is 0.342 e. The van der Waals surface area contributed by atoms with Crippen LogP contribution in [0.4, 0.5) is 0 Å². The summed E-state index contributed by atoms with van der Waals surface area (Å²) < 4.78 is 0. The average Bonchev–Trinajstić information content (AvgIpc) is 2.48. The lowest BCUT2D eigenvalue weighted by Crippen LogP contribution is -2.31. The molecule has 0 N–H and O–H groups in total. The molecule has 0 radical (unpaired) electrons. The van der Waals surface area contributed by atoms with E-state index >= 15 is 0 Å². The number of likely N-dealkylation sites (tertiary alicyclic amines) is 1. The summed E-state index contributed by atoms with van der Waals surface area (Å²) in [6.45, 7) is 8.37. The molecule has 14 heavy (non-hydrogen) atoms. The maximum absolute atomic E-state index is 11.6. The van der Waals surface area contributed by atoms with E-state index in [-0.39, 0.29) is 0 Å². The zero-order valence-corrected chi connectivity index (χ0v) is 10.3. The van der Waals surface area contributed by atoms with Crippen molar-refractivity contribution in [1.82, 2.24) is 4.90 Å². The average molecular weight is 215 g/mol. The predicted molar refractivity (Wildman–Crippen MR) is 62.5 cm³/mol. The Kier molecular flexibility index (Phi) is 4.30. The van der Waals surface area contributed by atoms with E-state index in [0.717, 1.165) is 25.3 Å². The standard InChI is InChI=1S/C11H21NOS/c1-8(2)10-4-11(13)12(6-10)5-9(3)7-14/h8-10,14H,4-7H2,1-3H3. The van der Waals surface area contributed by atoms with E-state index in [9.17, 15) is 4.79 Å². The summed E-state index contributed by atoms with van der Waals surface area (Å²) in [6.07, 6.45) is 0.747. The molecule has 1 fully saturated rings. The van der Waals surface area contributed by atoms with Gasteiger partial charge >= 0.3 is 0 Å². The van der Waals surface area contributed by atoms with Gasteiger partial charge in [-0.2, -0.15) is 12.6 Å². The molecule has 0 bridgehead atoms. The minimum atomic E-state index is 0.331. The molecule has 0 saturated carbocycles. The van der Waals surface area contributed by atoms with Gasteiger partial charge in [0.1, 0.15) is 0 Å². The van der Waals surface area contributed by atoms with Gasteiger partial charge in [0.15, 0.2) is 0 Å². The summed E-state index contributed by atoms with van der Waals surface area (Å²) in [7, 11) is 0. The first-order valence-electron chi connectivity index (χ1n) is 5.43. The van der Waals surface area contributed by atoms with Gasteiger partial charge in [-0.05, 0) is 23.5 Å². The number of thiol groups is 1. The molecule has 82 valence electrons. The Hall–Kier alpha value is -0.180. The molecule has 0 aromatic carbocycles. The second-order valence-electron chi connectivity index (χ2n) is 4.79. The van der Waals surface area contributed by atoms with Crippen LogP contribution < -0.4 is 0 Å². The number of nitrogens with zero attached hydrogens (tertiary/aromatic N) is 1. The molecule has 2 unspecified atom stereocenters. The molecule has 1 heterocycles. The van der Waals surface area contributed by atoms with Crippen LogP contribution in [0, 0.1) is 17.8 Å². The molecule has 0 aromatic rings. The van der Waals surface area contributed by atoms with E-state index in [1.54, 1.807) is 0 Å². The highest BCUT2D eigenvalue weighted by Crippen LogP contribution is 2.25. The van der Waals surface area contributed by atoms with Gasteiger partial charge in [0, 0.05) is 19.5 Å². The topological polar surface area (TPSA) is 20.3 Å². The van der Waals surface area contributed by atoms with Gasteiger partial charge in [-0.25, -0.2) is 0 Å². The first-order chi connectivity index (χ1) is 6.54. The SMILES string of the molecule is CC(CS)CN1CC(C(C)C)CC1=O. The normalized spacial score (nSPS) is 24.8. The van der Waals surface area contributed by atoms with Crippen molar-refractivity contribution in [3.05, 3.63) is 0 Å². The first-order valence-corrected chi connectivity index (χ1v) is 6.06. The Morgan fingerprint density at radius 3 is 2.57 bits per heavy atom. The van der Waals surface area contributed by atoms with Crippen LogP contribution in [0.3, 0.4) is 0 Å². The van der Waals surface area contributed by atoms with Crippen molar-refractivity contribution in [2.45, 2.75) is 27.2 Å². The number of carbonyl (C=O) groups is 1. The lowest BCUT2D eigenvalue weighted by Gasteiger charge is -2.21. The van der Waals surface area contributed by atoms with E-state index < -0.39 is 0 Å². The molecule has 1 aliphatic rings. The van der Waals surface area contributed by atoms with Crippen LogP contribution in [0.2, 0.25) is 0 Å². The zero-order valence-electron chi connectivity index (χ0n) is 9.36. The first kappa shape index (κ1) is 11.9. The Balaban J connectivity index is 2.44. The minimum Gasteiger partial charge on any atom is -0.342 e. The molecular formula is C11H21NOS. The highest BCUT2D eigenvalue weighted by molar-refractivity contribution is 7.80. The fraction of sp³-hybridized carbons (Fsp3) is 0.909. The van der Waals surface area contributed by atoms with Crippen molar-refractivity contribution >= 4 is 18.5 Å². The summed E-state index contributed by atoms with van der Waals surface area (Å²) in [5.74, 6) is 2.88. The summed E-state index contributed by atoms with van der Waals surface area (Å²) in [4.78, 5) is 13.6. The molecule has 0 aliphatic carbocycles. The summed E-state index contributed by atoms with van der Waals surface area (Å²) in [6, 6.07) is 0. The van der Waals surface area contributed by atoms with Gasteiger partial charge in [-0.3, -0.25) is 4.79 Å². The molecule has 3 heteroatoms. The van der Waals surface area contributed by atoms with Gasteiger partial charge in [-0.15, -0.1) is 0 Å². The van der Waals surface area contributed by atoms with E-state index in [4.69, 9.17) is 0 Å². The lowest BCUT2D eigenvalue weighted by atomic mass is 9.95. The molecule has 2 nitrogen and oxygen atoms in total. The second kappa shape index (κ2) is 5.06. The molecular weight excluding hydrogens is 194 g/mol. The quantitative estimate of drug-likeness (QED) is 0.712. The molecule has 1 amide bonds. The maximum Gasteiger partial charge on any atom is 0.222 e. The molecule has 0 aromatic heterocycles. The highest BCUT2D eigenvalue weighted by Gasteiger charge is 2.31. The Morgan fingerprint density at radius 1 is 1.50 bits per heavy atom. The molecule has 1 saturated heterocycles. The van der Waals surface area contributed by atoms with Crippen molar-refractivity contribution in [2.75, 3.05) is 18.8 Å². The lowest BCUT2D eigenvalue weighted by molar-refractivity contribution is -0.128. The third kappa shape index (κ3) is 2.91. The maximum atomic E-state index is 11.6. The Bertz CT molecular complexity index is 205. The fourth-order valence-corrected chi connectivity index (χ4v) is 1.98. The third-order valence-electron chi connectivity index (χ3n) is 3.03. The molecule has 0 spiro atoms. The van der Waals surface area contributed by atoms with Gasteiger partial charge in [-0.1, -0.05) is 20.8 Å². The van der Waals surface area contributed by atoms with Crippen molar-refractivity contribution in [2.24, 2.45) is 17.8 Å². The van der Waals surface area contributed by atoms with Crippen LogP contribution in [0.15, 0.2) is 0 Å². The van der Waals surface area contributed by atoms with E-state index in [1.807, 2.05) is 4.90 Å². The van der Waals surface area contributed by atoms with Crippen molar-refractivity contribution in [3.8, 4) is 0 Å². The van der Waals surface area contributed by atoms with Crippen molar-refractivity contribution < 1.29 is 4.79 Å². The molecule has 1 aliphatic heterocycles. The fourth-order valence-electron chi connectivity index (χ4n) is 1.86. The second-order valence-corrected chi connectivity index (χ2v) is 5.16. The zero-order chi connectivity index (χ0) is 10.7. The highest BCUT2D eigenvalue weighted by atomic mass is 32.1. The monoisotopic (exact) mass is 215 g/mol. The Labute approximate surface area is 92.5 Å². The van der Waals surface area contributed by atoms with E-state index in [1.165, 1.54) is 0 Å². The summed E-state index contributed by atoms with van der Waals surface area (Å²) in [5.41, 5.74) is 0. The number of amides is 1. The van der Waals surface area contributed by atoms with Crippen molar-refractivity contribution in [1.29, 1.82) is 0 Å². The van der Waals surface area contributed by atoms with Crippen LogP contribution in [0.25, 0.3) is 0 Å². The van der Waals surface area contributed by atoms with E-state index in [0.29, 0.717) is 23.7 Å². The smallest absolute Gasteiger partial charge is 0.222 e. The van der Waals surface area contributed by atoms with Gasteiger partial charge in [0.2, 0.25) is 5.91 Å². The summed E-state index contributed by atoms with van der Waals surface area (Å²) >= 11 is 4.24. The van der Waals surface area contributed by atoms with Crippen LogP contribution in [0.1, 0.15) is 27.2 Å². The number of hydrogen-bond donors (Lipinski definition) is 1. The van der Waals surface area contributed by atoms with Crippen LogP contribution in [-0.2, 0) is 4.79 Å². The van der Waals surface area contributed by atoms with Gasteiger partial charge < -0.3 is 4.90 Å². The van der Waals surface area contributed by atoms with Crippen molar-refractivity contribution in [3.63, 3.8) is 0 Å². The predicted octanol–water partition coefficient (Wildman–Crippen LogP) is 2.06. The molecule has 2 atom stereocenters. The van der Waals surface area contributed by atoms with Gasteiger partial charge in [0.25, 0.3) is 0 Å². The third-order valence-corrected chi connectivity index (χ3v) is 3.65. The Morgan fingerprint density at radius 2 is 2.14 bits per heavy atom. The van der Waals surface area contributed by atoms with Gasteiger partial charge in [0.05, 0.1) is 0 Å². The number of hydrogen-bond acceptors (Lipinski definition) is 2. The van der Waals surface area contributed by atoms with Crippen LogP contribution in [0.5, 0.6) is 0 Å². The number of rotatable bonds is 4. The minimum absolute atomic E-state index is 0.331. The van der Waals surface area contributed by atoms with Crippen LogP contribution >= 0.6 is 12.6 Å².